The van der Waals surface area contributed by atoms with E-state index >= 15 is 0 Å². The molecule has 4 nitrogen and oxygen atoms in total. The number of anilines is 2. The van der Waals surface area contributed by atoms with Gasteiger partial charge in [-0.2, -0.15) is 0 Å². The van der Waals surface area contributed by atoms with Crippen LogP contribution in [0.3, 0.4) is 0 Å². The lowest BCUT2D eigenvalue weighted by molar-refractivity contribution is 0.0215. The lowest BCUT2D eigenvalue weighted by Crippen LogP contribution is -2.13. The van der Waals surface area contributed by atoms with E-state index in [0.717, 1.165) is 24.3 Å². The minimum atomic E-state index is -2.41. The Labute approximate surface area is 106 Å². The highest BCUT2D eigenvalue weighted by Crippen LogP contribution is 2.12. The molecule has 6 heteroatoms. The van der Waals surface area contributed by atoms with Gasteiger partial charge in [-0.25, -0.2) is 8.78 Å². The summed E-state index contributed by atoms with van der Waals surface area (Å²) in [5.74, 6) is 0. The normalized spacial score (nSPS) is 10.7. The van der Waals surface area contributed by atoms with Crippen LogP contribution in [0.2, 0.25) is 0 Å². The Morgan fingerprint density at radius 2 is 1.89 bits per heavy atom. The van der Waals surface area contributed by atoms with Crippen LogP contribution in [0, 0.1) is 0 Å². The predicted octanol–water partition coefficient (Wildman–Crippen LogP) is 2.60. The van der Waals surface area contributed by atoms with Gasteiger partial charge in [0, 0.05) is 13.1 Å². The van der Waals surface area contributed by atoms with Crippen LogP contribution in [0.1, 0.15) is 13.3 Å². The van der Waals surface area contributed by atoms with Crippen molar-refractivity contribution < 1.29 is 13.5 Å². The number of nitrogens with one attached hydrogen (secondary N) is 2. The Morgan fingerprint density at radius 3 is 2.50 bits per heavy atom. The second-order valence-corrected chi connectivity index (χ2v) is 3.78. The molecule has 0 aliphatic carbocycles. The number of alkyl halides is 2. The van der Waals surface area contributed by atoms with Crippen LogP contribution in [0.25, 0.3) is 0 Å². The van der Waals surface area contributed by atoms with E-state index in [2.05, 4.69) is 22.5 Å². The molecule has 0 amide bonds. The Balaban J connectivity index is 2.24. The van der Waals surface area contributed by atoms with Crippen LogP contribution in [0.15, 0.2) is 18.5 Å². The van der Waals surface area contributed by atoms with Gasteiger partial charge < -0.3 is 15.4 Å². The first-order chi connectivity index (χ1) is 8.72. The first-order valence-corrected chi connectivity index (χ1v) is 6.01. The summed E-state index contributed by atoms with van der Waals surface area (Å²) in [6.45, 7) is 3.19. The Hall–Kier alpha value is -1.43. The van der Waals surface area contributed by atoms with E-state index in [1.165, 1.54) is 0 Å². The van der Waals surface area contributed by atoms with E-state index < -0.39 is 13.0 Å². The first kappa shape index (κ1) is 14.6. The van der Waals surface area contributed by atoms with Crippen molar-refractivity contribution in [3.63, 3.8) is 0 Å². The van der Waals surface area contributed by atoms with Gasteiger partial charge in [-0.1, -0.05) is 6.92 Å². The second-order valence-electron chi connectivity index (χ2n) is 3.78. The maximum absolute atomic E-state index is 11.8. The number of aromatic nitrogens is 1. The smallest absolute Gasteiger partial charge is 0.261 e. The molecule has 0 radical (unpaired) electrons. The number of nitrogens with zero attached hydrogens (tertiary/aromatic N) is 1. The zero-order chi connectivity index (χ0) is 13.2. The fourth-order valence-corrected chi connectivity index (χ4v) is 1.34. The summed E-state index contributed by atoms with van der Waals surface area (Å²) >= 11 is 0. The number of rotatable bonds is 9. The minimum absolute atomic E-state index is 0.247. The molecule has 18 heavy (non-hydrogen) atoms. The van der Waals surface area contributed by atoms with Crippen molar-refractivity contribution in [2.24, 2.45) is 0 Å². The highest BCUT2D eigenvalue weighted by Gasteiger charge is 2.01. The molecule has 1 aromatic heterocycles. The Morgan fingerprint density at radius 1 is 1.22 bits per heavy atom. The molecule has 0 aliphatic heterocycles. The summed E-state index contributed by atoms with van der Waals surface area (Å²) < 4.78 is 28.3. The molecule has 0 atom stereocenters. The van der Waals surface area contributed by atoms with Crippen molar-refractivity contribution in [2.75, 3.05) is 36.9 Å². The van der Waals surface area contributed by atoms with Gasteiger partial charge in [0.2, 0.25) is 0 Å². The van der Waals surface area contributed by atoms with Crippen molar-refractivity contribution in [3.05, 3.63) is 18.5 Å². The van der Waals surface area contributed by atoms with Gasteiger partial charge >= 0.3 is 0 Å². The quantitative estimate of drug-likeness (QED) is 0.669. The molecule has 2 N–H and O–H groups in total. The summed E-state index contributed by atoms with van der Waals surface area (Å²) in [4.78, 5) is 4.08. The molecule has 1 rings (SSSR count). The highest BCUT2D eigenvalue weighted by atomic mass is 19.3. The third-order valence-corrected chi connectivity index (χ3v) is 2.14. The van der Waals surface area contributed by atoms with Crippen LogP contribution in [-0.2, 0) is 4.74 Å². The molecule has 1 aromatic rings. The second kappa shape index (κ2) is 8.63. The van der Waals surface area contributed by atoms with Crippen LogP contribution in [0.5, 0.6) is 0 Å². The van der Waals surface area contributed by atoms with Crippen molar-refractivity contribution in [1.82, 2.24) is 4.98 Å². The maximum atomic E-state index is 11.8. The lowest BCUT2D eigenvalue weighted by atomic mass is 10.3. The number of hydrogen-bond donors (Lipinski definition) is 2. The Bertz CT molecular complexity index is 337. The summed E-state index contributed by atoms with van der Waals surface area (Å²) in [6.07, 6.45) is 2.06. The molecule has 0 aliphatic rings. The summed E-state index contributed by atoms with van der Waals surface area (Å²) in [7, 11) is 0. The number of hydrogen-bond acceptors (Lipinski definition) is 4. The van der Waals surface area contributed by atoms with Crippen LogP contribution in [-0.4, -0.2) is 37.7 Å². The van der Waals surface area contributed by atoms with E-state index in [9.17, 15) is 8.78 Å². The zero-order valence-electron chi connectivity index (χ0n) is 10.5. The highest BCUT2D eigenvalue weighted by molar-refractivity contribution is 5.53. The molecule has 0 fully saturated rings. The van der Waals surface area contributed by atoms with Crippen molar-refractivity contribution in [3.8, 4) is 0 Å². The van der Waals surface area contributed by atoms with E-state index in [0.29, 0.717) is 6.54 Å². The van der Waals surface area contributed by atoms with Gasteiger partial charge in [-0.15, -0.1) is 0 Å². The largest absolute Gasteiger partial charge is 0.384 e. The molecular formula is C12H19F2N3O. The monoisotopic (exact) mass is 259 g/mol. The van der Waals surface area contributed by atoms with E-state index in [4.69, 9.17) is 4.74 Å². The molecule has 0 unspecified atom stereocenters. The average Bonchev–Trinajstić information content (AvgIpc) is 2.36. The molecule has 0 bridgehead atoms. The number of ether oxygens (including phenoxy) is 1. The fourth-order valence-electron chi connectivity index (χ4n) is 1.34. The summed E-state index contributed by atoms with van der Waals surface area (Å²) in [5, 5.41) is 6.28. The summed E-state index contributed by atoms with van der Waals surface area (Å²) in [5.41, 5.74) is 1.78. The van der Waals surface area contributed by atoms with Gasteiger partial charge in [0.15, 0.2) is 0 Å². The van der Waals surface area contributed by atoms with Crippen molar-refractivity contribution in [1.29, 1.82) is 0 Å². The molecule has 102 valence electrons. The summed E-state index contributed by atoms with van der Waals surface area (Å²) in [6, 6.07) is 1.93. The van der Waals surface area contributed by atoms with Crippen molar-refractivity contribution in [2.45, 2.75) is 19.8 Å². The van der Waals surface area contributed by atoms with Gasteiger partial charge in [0.25, 0.3) is 6.43 Å². The first-order valence-electron chi connectivity index (χ1n) is 6.01. The molecule has 0 saturated heterocycles. The van der Waals surface area contributed by atoms with Crippen LogP contribution >= 0.6 is 0 Å². The van der Waals surface area contributed by atoms with Crippen molar-refractivity contribution >= 4 is 11.4 Å². The molecular weight excluding hydrogens is 240 g/mol. The van der Waals surface area contributed by atoms with Crippen LogP contribution in [0.4, 0.5) is 20.2 Å². The molecule has 0 saturated carbocycles. The molecule has 1 heterocycles. The maximum Gasteiger partial charge on any atom is 0.261 e. The lowest BCUT2D eigenvalue weighted by Gasteiger charge is -2.09. The third kappa shape index (κ3) is 6.34. The van der Waals surface area contributed by atoms with Gasteiger partial charge in [0.05, 0.1) is 30.4 Å². The zero-order valence-corrected chi connectivity index (χ0v) is 10.5. The number of pyridine rings is 1. The fraction of sp³-hybridized carbons (Fsp3) is 0.583. The number of halogens is 2. The van der Waals surface area contributed by atoms with Gasteiger partial charge in [0.1, 0.15) is 6.61 Å². The topological polar surface area (TPSA) is 46.2 Å². The van der Waals surface area contributed by atoms with E-state index in [-0.39, 0.29) is 6.61 Å². The van der Waals surface area contributed by atoms with Gasteiger partial charge in [-0.3, -0.25) is 4.98 Å². The van der Waals surface area contributed by atoms with E-state index in [1.54, 1.807) is 12.4 Å². The van der Waals surface area contributed by atoms with Gasteiger partial charge in [-0.05, 0) is 12.5 Å². The molecule has 0 spiro atoms. The Kier molecular flexibility index (Phi) is 7.01. The minimum Gasteiger partial charge on any atom is -0.384 e. The molecule has 0 aromatic carbocycles. The van der Waals surface area contributed by atoms with E-state index in [1.807, 2.05) is 6.07 Å². The standard InChI is InChI=1S/C12H19F2N3O/c1-2-3-16-10-6-11(8-15-7-10)17-4-5-18-9-12(13)14/h6-8,12,16-17H,2-5,9H2,1H3. The third-order valence-electron chi connectivity index (χ3n) is 2.14. The average molecular weight is 259 g/mol. The van der Waals surface area contributed by atoms with Crippen LogP contribution < -0.4 is 10.6 Å². The predicted molar refractivity (Wildman–Crippen MR) is 68.3 cm³/mol. The SMILES string of the molecule is CCCNc1cncc(NCCOCC(F)F)c1.